The largest absolute Gasteiger partial charge is 0.370 e. The van der Waals surface area contributed by atoms with Crippen molar-refractivity contribution in [1.29, 1.82) is 0 Å². The number of anilines is 1. The van der Waals surface area contributed by atoms with Crippen LogP contribution in [-0.2, 0) is 21.2 Å². The molecule has 0 saturated carbocycles. The second-order valence-corrected chi connectivity index (χ2v) is 9.79. The topological polar surface area (TPSA) is 69.7 Å². The molecule has 1 aliphatic heterocycles. The average Bonchev–Trinajstić information content (AvgIpc) is 3.32. The number of carbonyl (C=O) groups is 1. The van der Waals surface area contributed by atoms with E-state index in [4.69, 9.17) is 0 Å². The Hall–Kier alpha value is -2.38. The lowest BCUT2D eigenvalue weighted by Gasteiger charge is -2.27. The quantitative estimate of drug-likeness (QED) is 0.665. The van der Waals surface area contributed by atoms with Crippen molar-refractivity contribution >= 4 is 21.6 Å². The van der Waals surface area contributed by atoms with Crippen molar-refractivity contribution in [3.05, 3.63) is 60.2 Å². The van der Waals surface area contributed by atoms with Gasteiger partial charge in [0.2, 0.25) is 15.9 Å². The van der Waals surface area contributed by atoms with E-state index in [1.165, 1.54) is 0 Å². The molecule has 2 aromatic carbocycles. The molecule has 162 valence electrons. The number of hydrogen-bond acceptors (Lipinski definition) is 4. The summed E-state index contributed by atoms with van der Waals surface area (Å²) in [5, 5.41) is 2.99. The first-order valence-corrected chi connectivity index (χ1v) is 12.0. The van der Waals surface area contributed by atoms with Crippen molar-refractivity contribution in [3.8, 4) is 0 Å². The molecular formula is C23H31N3O3S. The maximum Gasteiger partial charge on any atom is 0.243 e. The summed E-state index contributed by atoms with van der Waals surface area (Å²) in [6, 6.07) is 17.2. The lowest BCUT2D eigenvalue weighted by molar-refractivity contribution is -0.121. The van der Waals surface area contributed by atoms with Crippen LogP contribution in [-0.4, -0.2) is 51.4 Å². The molecular weight excluding hydrogens is 398 g/mol. The summed E-state index contributed by atoms with van der Waals surface area (Å²) < 4.78 is 26.7. The van der Waals surface area contributed by atoms with Crippen LogP contribution in [0.15, 0.2) is 59.5 Å². The molecule has 1 unspecified atom stereocenters. The lowest BCUT2D eigenvalue weighted by Crippen LogP contribution is -2.40. The first-order chi connectivity index (χ1) is 14.4. The van der Waals surface area contributed by atoms with Crippen LogP contribution in [0.2, 0.25) is 0 Å². The lowest BCUT2D eigenvalue weighted by atomic mass is 10.1. The third kappa shape index (κ3) is 5.61. The Balaban J connectivity index is 1.45. The Bertz CT molecular complexity index is 924. The fraction of sp³-hybridized carbons (Fsp3) is 0.435. The van der Waals surface area contributed by atoms with Crippen LogP contribution in [0.5, 0.6) is 0 Å². The Morgan fingerprint density at radius 3 is 2.33 bits per heavy atom. The van der Waals surface area contributed by atoms with Crippen LogP contribution in [0.4, 0.5) is 5.69 Å². The van der Waals surface area contributed by atoms with Crippen LogP contribution in [0.25, 0.3) is 0 Å². The van der Waals surface area contributed by atoms with Crippen molar-refractivity contribution < 1.29 is 13.2 Å². The highest BCUT2D eigenvalue weighted by molar-refractivity contribution is 7.89. The van der Waals surface area contributed by atoms with E-state index in [0.717, 1.165) is 24.1 Å². The maximum absolute atomic E-state index is 12.6. The fourth-order valence-electron chi connectivity index (χ4n) is 3.57. The molecule has 1 atom stereocenters. The van der Waals surface area contributed by atoms with Gasteiger partial charge >= 0.3 is 0 Å². The Morgan fingerprint density at radius 2 is 1.70 bits per heavy atom. The summed E-state index contributed by atoms with van der Waals surface area (Å²) in [7, 11) is -1.37. The highest BCUT2D eigenvalue weighted by atomic mass is 32.2. The number of carbonyl (C=O) groups excluding carboxylic acids is 1. The normalized spacial score (nSPS) is 15.7. The molecule has 7 heteroatoms. The maximum atomic E-state index is 12.6. The number of hydrogen-bond donors (Lipinski definition) is 1. The minimum Gasteiger partial charge on any atom is -0.370 e. The molecule has 0 spiro atoms. The van der Waals surface area contributed by atoms with Gasteiger partial charge in [0, 0.05) is 44.8 Å². The molecule has 1 aliphatic rings. The zero-order valence-electron chi connectivity index (χ0n) is 17.8. The van der Waals surface area contributed by atoms with Crippen molar-refractivity contribution in [2.75, 3.05) is 31.6 Å². The molecule has 1 heterocycles. The minimum absolute atomic E-state index is 0.00271. The number of amides is 1. The monoisotopic (exact) mass is 429 g/mol. The van der Waals surface area contributed by atoms with Crippen molar-refractivity contribution in [3.63, 3.8) is 0 Å². The third-order valence-corrected chi connectivity index (χ3v) is 7.60. The molecule has 0 bridgehead atoms. The SMILES string of the molecule is CC(CNC(=O)CCc1ccc(S(=O)(=O)N2CCCC2)cc1)N(C)c1ccccc1. The molecule has 6 nitrogen and oxygen atoms in total. The van der Waals surface area contributed by atoms with Gasteiger partial charge in [-0.1, -0.05) is 30.3 Å². The predicted molar refractivity (Wildman–Crippen MR) is 120 cm³/mol. The van der Waals surface area contributed by atoms with Gasteiger partial charge in [-0.3, -0.25) is 4.79 Å². The smallest absolute Gasteiger partial charge is 0.243 e. The molecule has 0 aromatic heterocycles. The van der Waals surface area contributed by atoms with Crippen molar-refractivity contribution in [2.45, 2.75) is 43.5 Å². The van der Waals surface area contributed by atoms with Gasteiger partial charge in [-0.2, -0.15) is 4.31 Å². The van der Waals surface area contributed by atoms with Crippen molar-refractivity contribution in [2.24, 2.45) is 0 Å². The molecule has 1 saturated heterocycles. The number of nitrogens with one attached hydrogen (secondary N) is 1. The number of rotatable bonds is 9. The van der Waals surface area contributed by atoms with E-state index < -0.39 is 10.0 Å². The van der Waals surface area contributed by atoms with Gasteiger partial charge in [0.15, 0.2) is 0 Å². The number of likely N-dealkylation sites (N-methyl/N-ethyl adjacent to an activating group) is 1. The highest BCUT2D eigenvalue weighted by Crippen LogP contribution is 2.21. The van der Waals surface area contributed by atoms with Crippen LogP contribution < -0.4 is 10.2 Å². The predicted octanol–water partition coefficient (Wildman–Crippen LogP) is 3.04. The molecule has 0 aliphatic carbocycles. The second kappa shape index (κ2) is 10.1. The van der Waals surface area contributed by atoms with Gasteiger partial charge in [-0.25, -0.2) is 8.42 Å². The van der Waals surface area contributed by atoms with E-state index >= 15 is 0 Å². The highest BCUT2D eigenvalue weighted by Gasteiger charge is 2.26. The molecule has 2 aromatic rings. The fourth-order valence-corrected chi connectivity index (χ4v) is 5.09. The average molecular weight is 430 g/mol. The van der Waals surface area contributed by atoms with Crippen LogP contribution in [0.1, 0.15) is 31.7 Å². The van der Waals surface area contributed by atoms with Gasteiger partial charge in [0.05, 0.1) is 4.90 Å². The van der Waals surface area contributed by atoms with E-state index in [9.17, 15) is 13.2 Å². The molecule has 1 N–H and O–H groups in total. The van der Waals surface area contributed by atoms with E-state index in [1.807, 2.05) is 49.5 Å². The molecule has 1 amide bonds. The second-order valence-electron chi connectivity index (χ2n) is 7.85. The van der Waals surface area contributed by atoms with E-state index in [0.29, 0.717) is 37.4 Å². The van der Waals surface area contributed by atoms with Crippen molar-refractivity contribution in [1.82, 2.24) is 9.62 Å². The Morgan fingerprint density at radius 1 is 1.07 bits per heavy atom. The zero-order chi connectivity index (χ0) is 21.6. The number of para-hydroxylation sites is 1. The number of benzene rings is 2. The van der Waals surface area contributed by atoms with E-state index in [2.05, 4.69) is 17.1 Å². The number of sulfonamides is 1. The first-order valence-electron chi connectivity index (χ1n) is 10.5. The Labute approximate surface area is 179 Å². The molecule has 0 radical (unpaired) electrons. The van der Waals surface area contributed by atoms with Gasteiger partial charge in [0.25, 0.3) is 0 Å². The summed E-state index contributed by atoms with van der Waals surface area (Å²) in [4.78, 5) is 14.7. The van der Waals surface area contributed by atoms with Gasteiger partial charge in [-0.05, 0) is 56.0 Å². The number of aryl methyl sites for hydroxylation is 1. The van der Waals surface area contributed by atoms with Gasteiger partial charge < -0.3 is 10.2 Å². The molecule has 1 fully saturated rings. The summed E-state index contributed by atoms with van der Waals surface area (Å²) in [5.74, 6) is -0.00271. The van der Waals surface area contributed by atoms with Gasteiger partial charge in [0.1, 0.15) is 0 Å². The van der Waals surface area contributed by atoms with Crippen LogP contribution in [0.3, 0.4) is 0 Å². The van der Waals surface area contributed by atoms with E-state index in [-0.39, 0.29) is 11.9 Å². The summed E-state index contributed by atoms with van der Waals surface area (Å²) in [5.41, 5.74) is 2.07. The first kappa shape index (κ1) is 22.3. The number of nitrogens with zero attached hydrogens (tertiary/aromatic N) is 2. The summed E-state index contributed by atoms with van der Waals surface area (Å²) >= 11 is 0. The Kier molecular flexibility index (Phi) is 7.50. The summed E-state index contributed by atoms with van der Waals surface area (Å²) in [6.07, 6.45) is 2.80. The van der Waals surface area contributed by atoms with Crippen LogP contribution in [0, 0.1) is 0 Å². The molecule has 30 heavy (non-hydrogen) atoms. The summed E-state index contributed by atoms with van der Waals surface area (Å²) in [6.45, 7) is 3.84. The van der Waals surface area contributed by atoms with Gasteiger partial charge in [-0.15, -0.1) is 0 Å². The van der Waals surface area contributed by atoms with E-state index in [1.54, 1.807) is 16.4 Å². The van der Waals surface area contributed by atoms with Crippen LogP contribution >= 0.6 is 0 Å². The zero-order valence-corrected chi connectivity index (χ0v) is 18.6. The standard InChI is InChI=1S/C23H31N3O3S/c1-19(25(2)21-8-4-3-5-9-21)18-24-23(27)15-12-20-10-13-22(14-11-20)30(28,29)26-16-6-7-17-26/h3-5,8-11,13-14,19H,6-7,12,15-18H2,1-2H3,(H,24,27). The third-order valence-electron chi connectivity index (χ3n) is 5.69. The molecule has 3 rings (SSSR count). The minimum atomic E-state index is -3.39.